The third-order valence-electron chi connectivity index (χ3n) is 2.86. The van der Waals surface area contributed by atoms with Crippen LogP contribution < -0.4 is 5.73 Å². The topological polar surface area (TPSA) is 69.2 Å². The van der Waals surface area contributed by atoms with E-state index in [1.54, 1.807) is 12.1 Å². The van der Waals surface area contributed by atoms with Gasteiger partial charge in [-0.25, -0.2) is 0 Å². The van der Waals surface area contributed by atoms with Crippen LogP contribution in [0, 0.1) is 10.1 Å². The zero-order valence-corrected chi connectivity index (χ0v) is 10.3. The van der Waals surface area contributed by atoms with Crippen molar-refractivity contribution >= 4 is 11.4 Å². The Morgan fingerprint density at radius 3 is 2.59 bits per heavy atom. The second kappa shape index (κ2) is 6.89. The largest absolute Gasteiger partial charge is 0.393 e. The molecule has 0 spiro atoms. The number of hydrogen-bond donors (Lipinski definition) is 1. The number of nitro groups is 1. The molecule has 0 saturated heterocycles. The molecule has 0 aliphatic rings. The van der Waals surface area contributed by atoms with Gasteiger partial charge in [0, 0.05) is 6.07 Å². The van der Waals surface area contributed by atoms with E-state index in [0.29, 0.717) is 0 Å². The lowest BCUT2D eigenvalue weighted by atomic mass is 10.0. The van der Waals surface area contributed by atoms with Crippen LogP contribution in [0.25, 0.3) is 0 Å². The third kappa shape index (κ3) is 4.43. The zero-order valence-electron chi connectivity index (χ0n) is 10.3. The number of aryl methyl sites for hydroxylation is 1. The predicted octanol–water partition coefficient (Wildman–Crippen LogP) is 3.69. The number of nitro benzene ring substituents is 1. The molecule has 0 unspecified atom stereocenters. The van der Waals surface area contributed by atoms with Gasteiger partial charge < -0.3 is 5.73 Å². The fourth-order valence-electron chi connectivity index (χ4n) is 1.84. The van der Waals surface area contributed by atoms with Gasteiger partial charge in [0.2, 0.25) is 0 Å². The van der Waals surface area contributed by atoms with Crippen LogP contribution in [0.5, 0.6) is 0 Å². The summed E-state index contributed by atoms with van der Waals surface area (Å²) in [7, 11) is 0. The zero-order chi connectivity index (χ0) is 12.7. The van der Waals surface area contributed by atoms with E-state index in [-0.39, 0.29) is 11.4 Å². The van der Waals surface area contributed by atoms with Gasteiger partial charge in [-0.3, -0.25) is 10.1 Å². The van der Waals surface area contributed by atoms with E-state index >= 15 is 0 Å². The molecule has 1 rings (SSSR count). The summed E-state index contributed by atoms with van der Waals surface area (Å²) in [5, 5.41) is 10.7. The second-order valence-corrected chi connectivity index (χ2v) is 4.31. The van der Waals surface area contributed by atoms with Crippen molar-refractivity contribution < 1.29 is 4.92 Å². The van der Waals surface area contributed by atoms with Crippen LogP contribution in [-0.4, -0.2) is 4.92 Å². The van der Waals surface area contributed by atoms with E-state index in [4.69, 9.17) is 5.73 Å². The van der Waals surface area contributed by atoms with E-state index in [0.717, 1.165) is 18.4 Å². The van der Waals surface area contributed by atoms with E-state index in [9.17, 15) is 10.1 Å². The molecule has 0 aromatic heterocycles. The van der Waals surface area contributed by atoms with Gasteiger partial charge in [-0.05, 0) is 24.5 Å². The van der Waals surface area contributed by atoms with Gasteiger partial charge >= 0.3 is 0 Å². The van der Waals surface area contributed by atoms with Crippen molar-refractivity contribution in [3.8, 4) is 0 Å². The standard InChI is InChI=1S/C13H20N2O2/c1-2-3-4-5-6-7-11-8-9-12(14)13(10-11)15(16)17/h8-10H,2-7,14H2,1H3. The molecule has 1 aromatic rings. The molecule has 94 valence electrons. The van der Waals surface area contributed by atoms with Gasteiger partial charge in [-0.15, -0.1) is 0 Å². The van der Waals surface area contributed by atoms with Crippen LogP contribution in [0.2, 0.25) is 0 Å². The first kappa shape index (κ1) is 13.5. The molecule has 4 heteroatoms. The van der Waals surface area contributed by atoms with Crippen LogP contribution in [0.15, 0.2) is 18.2 Å². The number of anilines is 1. The van der Waals surface area contributed by atoms with E-state index in [1.165, 1.54) is 25.7 Å². The second-order valence-electron chi connectivity index (χ2n) is 4.31. The molecular weight excluding hydrogens is 216 g/mol. The average Bonchev–Trinajstić information content (AvgIpc) is 2.30. The number of benzene rings is 1. The van der Waals surface area contributed by atoms with Crippen LogP contribution in [0.3, 0.4) is 0 Å². The van der Waals surface area contributed by atoms with Crippen molar-refractivity contribution in [2.45, 2.75) is 45.4 Å². The van der Waals surface area contributed by atoms with E-state index in [2.05, 4.69) is 6.92 Å². The van der Waals surface area contributed by atoms with Gasteiger partial charge in [0.15, 0.2) is 0 Å². The fraction of sp³-hybridized carbons (Fsp3) is 0.538. The van der Waals surface area contributed by atoms with Crippen molar-refractivity contribution in [3.05, 3.63) is 33.9 Å². The monoisotopic (exact) mass is 236 g/mol. The Labute approximate surface area is 102 Å². The normalized spacial score (nSPS) is 10.4. The molecule has 0 aliphatic heterocycles. The number of nitrogens with two attached hydrogens (primary N) is 1. The lowest BCUT2D eigenvalue weighted by Gasteiger charge is -2.03. The van der Waals surface area contributed by atoms with E-state index in [1.807, 2.05) is 6.07 Å². The van der Waals surface area contributed by atoms with Crippen molar-refractivity contribution in [3.63, 3.8) is 0 Å². The molecule has 0 atom stereocenters. The van der Waals surface area contributed by atoms with Crippen molar-refractivity contribution in [1.82, 2.24) is 0 Å². The van der Waals surface area contributed by atoms with Crippen molar-refractivity contribution in [2.24, 2.45) is 0 Å². The summed E-state index contributed by atoms with van der Waals surface area (Å²) in [6.07, 6.45) is 6.90. The number of unbranched alkanes of at least 4 members (excludes halogenated alkanes) is 4. The van der Waals surface area contributed by atoms with Gasteiger partial charge in [0.05, 0.1) is 4.92 Å². The molecule has 1 aromatic carbocycles. The number of nitrogens with zero attached hydrogens (tertiary/aromatic N) is 1. The molecule has 0 radical (unpaired) electrons. The maximum absolute atomic E-state index is 10.7. The summed E-state index contributed by atoms with van der Waals surface area (Å²) in [4.78, 5) is 10.3. The Morgan fingerprint density at radius 1 is 1.24 bits per heavy atom. The van der Waals surface area contributed by atoms with Gasteiger partial charge in [0.25, 0.3) is 5.69 Å². The quantitative estimate of drug-likeness (QED) is 0.340. The summed E-state index contributed by atoms with van der Waals surface area (Å²) in [6, 6.07) is 5.09. The Hall–Kier alpha value is -1.58. The summed E-state index contributed by atoms with van der Waals surface area (Å²) >= 11 is 0. The Morgan fingerprint density at radius 2 is 1.94 bits per heavy atom. The molecule has 2 N–H and O–H groups in total. The summed E-state index contributed by atoms with van der Waals surface area (Å²) in [6.45, 7) is 2.18. The SMILES string of the molecule is CCCCCCCc1ccc(N)c([N+](=O)[O-])c1. The van der Waals surface area contributed by atoms with E-state index < -0.39 is 4.92 Å². The third-order valence-corrected chi connectivity index (χ3v) is 2.86. The number of rotatable bonds is 7. The molecular formula is C13H20N2O2. The average molecular weight is 236 g/mol. The first-order chi connectivity index (χ1) is 8.15. The van der Waals surface area contributed by atoms with Gasteiger partial charge in [-0.1, -0.05) is 38.7 Å². The first-order valence-corrected chi connectivity index (χ1v) is 6.18. The molecule has 4 nitrogen and oxygen atoms in total. The Kier molecular flexibility index (Phi) is 5.46. The highest BCUT2D eigenvalue weighted by atomic mass is 16.6. The van der Waals surface area contributed by atoms with Gasteiger partial charge in [0.1, 0.15) is 5.69 Å². The van der Waals surface area contributed by atoms with Crippen LogP contribution in [0.1, 0.15) is 44.6 Å². The molecule has 17 heavy (non-hydrogen) atoms. The lowest BCUT2D eigenvalue weighted by Crippen LogP contribution is -1.97. The van der Waals surface area contributed by atoms with Gasteiger partial charge in [-0.2, -0.15) is 0 Å². The minimum atomic E-state index is -0.421. The first-order valence-electron chi connectivity index (χ1n) is 6.18. The summed E-state index contributed by atoms with van der Waals surface area (Å²) < 4.78 is 0. The van der Waals surface area contributed by atoms with Crippen LogP contribution >= 0.6 is 0 Å². The molecule has 0 aliphatic carbocycles. The Balaban J connectivity index is 2.49. The molecule has 0 heterocycles. The molecule has 0 amide bonds. The number of nitrogen functional groups attached to an aromatic ring is 1. The van der Waals surface area contributed by atoms with Crippen molar-refractivity contribution in [1.29, 1.82) is 0 Å². The molecule has 0 fully saturated rings. The molecule has 0 saturated carbocycles. The molecule has 0 bridgehead atoms. The minimum Gasteiger partial charge on any atom is -0.393 e. The fourth-order valence-corrected chi connectivity index (χ4v) is 1.84. The van der Waals surface area contributed by atoms with Crippen molar-refractivity contribution in [2.75, 3.05) is 5.73 Å². The maximum atomic E-state index is 10.7. The number of hydrogen-bond acceptors (Lipinski definition) is 3. The van der Waals surface area contributed by atoms with Crippen LogP contribution in [-0.2, 0) is 6.42 Å². The van der Waals surface area contributed by atoms with Crippen LogP contribution in [0.4, 0.5) is 11.4 Å². The lowest BCUT2D eigenvalue weighted by molar-refractivity contribution is -0.384. The summed E-state index contributed by atoms with van der Waals surface area (Å²) in [5.41, 5.74) is 6.81. The smallest absolute Gasteiger partial charge is 0.292 e. The predicted molar refractivity (Wildman–Crippen MR) is 70.0 cm³/mol. The minimum absolute atomic E-state index is 0.0241. The highest BCUT2D eigenvalue weighted by Crippen LogP contribution is 2.23. The summed E-state index contributed by atoms with van der Waals surface area (Å²) in [5.74, 6) is 0. The Bertz CT molecular complexity index is 378. The highest BCUT2D eigenvalue weighted by Gasteiger charge is 2.11. The maximum Gasteiger partial charge on any atom is 0.292 e. The highest BCUT2D eigenvalue weighted by molar-refractivity contribution is 5.59.